The number of halogens is 5. The van der Waals surface area contributed by atoms with Crippen molar-refractivity contribution in [2.45, 2.75) is 37.9 Å². The highest BCUT2D eigenvalue weighted by molar-refractivity contribution is 6.06. The van der Waals surface area contributed by atoms with Gasteiger partial charge in [0.15, 0.2) is 5.75 Å². The number of fused-ring (bicyclic) bond motifs is 2. The molecule has 2 aromatic carbocycles. The minimum absolute atomic E-state index is 0.0231. The number of carbonyl (C=O) groups is 2. The molecule has 40 heavy (non-hydrogen) atoms. The second kappa shape index (κ2) is 10.8. The highest BCUT2D eigenvalue weighted by Gasteiger charge is 2.43. The van der Waals surface area contributed by atoms with Crippen molar-refractivity contribution in [2.75, 3.05) is 23.8 Å². The normalized spacial score (nSPS) is 19.4. The summed E-state index contributed by atoms with van der Waals surface area (Å²) in [5.74, 6) is -3.49. The average molecular weight is 562 g/mol. The van der Waals surface area contributed by atoms with Gasteiger partial charge in [0, 0.05) is 29.8 Å². The second-order valence-electron chi connectivity index (χ2n) is 9.51. The summed E-state index contributed by atoms with van der Waals surface area (Å²) < 4.78 is 75.7. The van der Waals surface area contributed by atoms with E-state index in [0.29, 0.717) is 13.2 Å². The Morgan fingerprint density at radius 1 is 1.07 bits per heavy atom. The van der Waals surface area contributed by atoms with Crippen LogP contribution < -0.4 is 15.4 Å². The molecule has 2 bridgehead atoms. The molecule has 0 aliphatic carbocycles. The highest BCUT2D eigenvalue weighted by atomic mass is 19.4. The summed E-state index contributed by atoms with van der Waals surface area (Å²) >= 11 is 0. The molecule has 13 heteroatoms. The topological polar surface area (TPSA) is 92.8 Å². The third-order valence-electron chi connectivity index (χ3n) is 6.72. The Morgan fingerprint density at radius 2 is 1.82 bits per heavy atom. The standard InChI is InChI=1S/C27H23F5N4O4/c1-14(36-12-21-10-20(36)13-39-21)25(37)35-23-8-15(2-5-24(23)40-27(30,31)32)26(38)34-19-3-4-22(33-11-19)16-6-17(28)9-18(29)7-16/h2-9,11,14,20-21H,10,12-13H2,1H3,(H,34,38)(H,35,37). The van der Waals surface area contributed by atoms with Crippen LogP contribution in [0.15, 0.2) is 54.7 Å². The molecular weight excluding hydrogens is 539 g/mol. The van der Waals surface area contributed by atoms with Gasteiger partial charge < -0.3 is 20.1 Å². The summed E-state index contributed by atoms with van der Waals surface area (Å²) in [6.45, 7) is 2.66. The van der Waals surface area contributed by atoms with Crippen LogP contribution in [0.5, 0.6) is 5.75 Å². The Balaban J connectivity index is 1.32. The first kappa shape index (κ1) is 27.5. The molecule has 2 fully saturated rings. The van der Waals surface area contributed by atoms with E-state index in [4.69, 9.17) is 4.74 Å². The van der Waals surface area contributed by atoms with Gasteiger partial charge in [-0.25, -0.2) is 8.78 Å². The molecule has 0 radical (unpaired) electrons. The van der Waals surface area contributed by atoms with Gasteiger partial charge in [-0.15, -0.1) is 13.2 Å². The number of carbonyl (C=O) groups excluding carboxylic acids is 2. The number of anilines is 2. The fourth-order valence-electron chi connectivity index (χ4n) is 4.82. The van der Waals surface area contributed by atoms with Gasteiger partial charge in [0.2, 0.25) is 5.91 Å². The van der Waals surface area contributed by atoms with E-state index >= 15 is 0 Å². The molecule has 5 rings (SSSR count). The Morgan fingerprint density at radius 3 is 2.42 bits per heavy atom. The fourth-order valence-corrected chi connectivity index (χ4v) is 4.82. The van der Waals surface area contributed by atoms with Crippen molar-refractivity contribution in [1.29, 1.82) is 0 Å². The van der Waals surface area contributed by atoms with E-state index in [9.17, 15) is 31.5 Å². The second-order valence-corrected chi connectivity index (χ2v) is 9.51. The van der Waals surface area contributed by atoms with Crippen molar-refractivity contribution in [2.24, 2.45) is 0 Å². The average Bonchev–Trinajstić information content (AvgIpc) is 3.52. The van der Waals surface area contributed by atoms with Crippen molar-refractivity contribution in [1.82, 2.24) is 9.88 Å². The molecule has 2 aliphatic heterocycles. The maximum Gasteiger partial charge on any atom is 0.573 e. The largest absolute Gasteiger partial charge is 0.573 e. The van der Waals surface area contributed by atoms with E-state index in [1.165, 1.54) is 18.3 Å². The van der Waals surface area contributed by atoms with Gasteiger partial charge in [-0.1, -0.05) is 0 Å². The smallest absolute Gasteiger partial charge is 0.404 e. The van der Waals surface area contributed by atoms with Crippen molar-refractivity contribution < 1.29 is 41.0 Å². The predicted molar refractivity (Wildman–Crippen MR) is 134 cm³/mol. The number of amides is 2. The van der Waals surface area contributed by atoms with E-state index in [2.05, 4.69) is 20.4 Å². The molecule has 2 aliphatic rings. The number of nitrogens with one attached hydrogen (secondary N) is 2. The molecular formula is C27H23F5N4O4. The molecule has 2 N–H and O–H groups in total. The van der Waals surface area contributed by atoms with Gasteiger partial charge >= 0.3 is 6.36 Å². The van der Waals surface area contributed by atoms with Gasteiger partial charge in [-0.2, -0.15) is 0 Å². The molecule has 1 aromatic heterocycles. The first-order valence-electron chi connectivity index (χ1n) is 12.3. The minimum Gasteiger partial charge on any atom is -0.404 e. The van der Waals surface area contributed by atoms with Gasteiger partial charge in [0.05, 0.1) is 42.0 Å². The molecule has 3 heterocycles. The monoisotopic (exact) mass is 562 g/mol. The zero-order valence-corrected chi connectivity index (χ0v) is 21.0. The Kier molecular flexibility index (Phi) is 7.43. The first-order valence-corrected chi connectivity index (χ1v) is 12.3. The van der Waals surface area contributed by atoms with Gasteiger partial charge in [0.1, 0.15) is 11.6 Å². The van der Waals surface area contributed by atoms with E-state index < -0.39 is 41.6 Å². The number of aromatic nitrogens is 1. The summed E-state index contributed by atoms with van der Waals surface area (Å²) in [6.07, 6.45) is -2.96. The highest BCUT2D eigenvalue weighted by Crippen LogP contribution is 2.33. The Bertz CT molecular complexity index is 1410. The minimum atomic E-state index is -5.03. The molecule has 3 atom stereocenters. The number of hydrogen-bond donors (Lipinski definition) is 2. The van der Waals surface area contributed by atoms with Crippen LogP contribution in [-0.2, 0) is 9.53 Å². The SMILES string of the molecule is CC(C(=O)Nc1cc(C(=O)Nc2ccc(-c3cc(F)cc(F)c3)nc2)ccc1OC(F)(F)F)N1CC2CC1CO2. The number of hydrogen-bond acceptors (Lipinski definition) is 6. The molecule has 0 spiro atoms. The maximum absolute atomic E-state index is 13.5. The lowest BCUT2D eigenvalue weighted by Gasteiger charge is -2.31. The lowest BCUT2D eigenvalue weighted by Crippen LogP contribution is -2.48. The lowest BCUT2D eigenvalue weighted by molar-refractivity contribution is -0.274. The number of ether oxygens (including phenoxy) is 2. The van der Waals surface area contributed by atoms with Crippen molar-refractivity contribution in [3.63, 3.8) is 0 Å². The summed E-state index contributed by atoms with van der Waals surface area (Å²) in [7, 11) is 0. The lowest BCUT2D eigenvalue weighted by atomic mass is 10.1. The summed E-state index contributed by atoms with van der Waals surface area (Å²) in [4.78, 5) is 31.9. The van der Waals surface area contributed by atoms with E-state index in [0.717, 1.165) is 42.8 Å². The zero-order chi connectivity index (χ0) is 28.6. The number of likely N-dealkylation sites (tertiary alicyclic amines) is 1. The number of pyridine rings is 1. The number of rotatable bonds is 7. The Labute approximate surface area is 225 Å². The summed E-state index contributed by atoms with van der Waals surface area (Å²) in [5, 5.41) is 5.01. The number of morpholine rings is 1. The third-order valence-corrected chi connectivity index (χ3v) is 6.72. The van der Waals surface area contributed by atoms with Crippen LogP contribution in [0, 0.1) is 11.6 Å². The fraction of sp³-hybridized carbons (Fsp3) is 0.296. The quantitative estimate of drug-likeness (QED) is 0.395. The third kappa shape index (κ3) is 6.20. The molecule has 8 nitrogen and oxygen atoms in total. The van der Waals surface area contributed by atoms with Crippen molar-refractivity contribution in [3.8, 4) is 17.0 Å². The number of alkyl halides is 3. The van der Waals surface area contributed by atoms with E-state index in [1.807, 2.05) is 4.90 Å². The van der Waals surface area contributed by atoms with Crippen LogP contribution in [0.2, 0.25) is 0 Å². The zero-order valence-electron chi connectivity index (χ0n) is 21.0. The van der Waals surface area contributed by atoms with Gasteiger partial charge in [0.25, 0.3) is 5.91 Å². The van der Waals surface area contributed by atoms with Crippen LogP contribution in [0.1, 0.15) is 23.7 Å². The first-order chi connectivity index (χ1) is 18.9. The van der Waals surface area contributed by atoms with Crippen LogP contribution in [0.4, 0.5) is 33.3 Å². The molecule has 3 aromatic rings. The number of nitrogens with zero attached hydrogens (tertiary/aromatic N) is 2. The molecule has 0 saturated carbocycles. The van der Waals surface area contributed by atoms with Crippen molar-refractivity contribution >= 4 is 23.2 Å². The maximum atomic E-state index is 13.5. The summed E-state index contributed by atoms with van der Waals surface area (Å²) in [6, 6.07) is 8.34. The van der Waals surface area contributed by atoms with Crippen LogP contribution in [0.25, 0.3) is 11.3 Å². The molecule has 2 amide bonds. The Hall–Kier alpha value is -4.10. The summed E-state index contributed by atoms with van der Waals surface area (Å²) in [5.41, 5.74) is 0.264. The van der Waals surface area contributed by atoms with Crippen LogP contribution in [0.3, 0.4) is 0 Å². The molecule has 3 unspecified atom stereocenters. The van der Waals surface area contributed by atoms with E-state index in [1.54, 1.807) is 6.92 Å². The van der Waals surface area contributed by atoms with Crippen molar-refractivity contribution in [3.05, 3.63) is 71.9 Å². The van der Waals surface area contributed by atoms with Gasteiger partial charge in [-0.05, 0) is 55.8 Å². The van der Waals surface area contributed by atoms with E-state index in [-0.39, 0.29) is 40.3 Å². The molecule has 210 valence electrons. The van der Waals surface area contributed by atoms with Crippen LogP contribution in [-0.4, -0.2) is 59.4 Å². The molecule has 2 saturated heterocycles. The van der Waals surface area contributed by atoms with Crippen LogP contribution >= 0.6 is 0 Å². The predicted octanol–water partition coefficient (Wildman–Crippen LogP) is 4.98. The van der Waals surface area contributed by atoms with Gasteiger partial charge in [-0.3, -0.25) is 19.5 Å². The number of benzene rings is 2.